The van der Waals surface area contributed by atoms with Crippen LogP contribution in [-0.4, -0.2) is 68.4 Å². The van der Waals surface area contributed by atoms with E-state index >= 15 is 0 Å². The van der Waals surface area contributed by atoms with Crippen LogP contribution in [0.3, 0.4) is 0 Å². The number of anilines is 1. The van der Waals surface area contributed by atoms with Crippen molar-refractivity contribution in [2.75, 3.05) is 51.3 Å². The number of piperazine rings is 1. The van der Waals surface area contributed by atoms with E-state index in [4.69, 9.17) is 9.26 Å². The Labute approximate surface area is 182 Å². The lowest BCUT2D eigenvalue weighted by Gasteiger charge is -2.36. The minimum absolute atomic E-state index is 0.0102. The molecule has 8 heteroatoms. The van der Waals surface area contributed by atoms with Crippen molar-refractivity contribution >= 4 is 22.7 Å². The Hall–Kier alpha value is -2.19. The van der Waals surface area contributed by atoms with E-state index in [1.54, 1.807) is 14.0 Å². The molecule has 1 N–H and O–H groups in total. The van der Waals surface area contributed by atoms with Crippen molar-refractivity contribution in [2.45, 2.75) is 45.1 Å². The Morgan fingerprint density at radius 2 is 1.97 bits per heavy atom. The first-order chi connectivity index (χ1) is 15.0. The molecule has 2 aromatic rings. The lowest BCUT2D eigenvalue weighted by Crippen LogP contribution is -2.47. The number of hydrogen-bond donors (Lipinski definition) is 1. The Balaban J connectivity index is 1.20. The SMILES string of the molecule is COCC(=O)NC1CCC(CCN2CCN(c3noc4cc(F)c(C)cc34)CC2)CC1. The lowest BCUT2D eigenvalue weighted by molar-refractivity contribution is -0.125. The fourth-order valence-electron chi connectivity index (χ4n) is 4.83. The van der Waals surface area contributed by atoms with E-state index in [-0.39, 0.29) is 18.3 Å². The molecule has 1 saturated carbocycles. The largest absolute Gasteiger partial charge is 0.375 e. The van der Waals surface area contributed by atoms with Gasteiger partial charge in [-0.3, -0.25) is 9.69 Å². The molecule has 31 heavy (non-hydrogen) atoms. The Bertz CT molecular complexity index is 886. The number of ether oxygens (including phenoxy) is 1. The lowest BCUT2D eigenvalue weighted by atomic mass is 9.84. The highest BCUT2D eigenvalue weighted by molar-refractivity contribution is 5.89. The summed E-state index contributed by atoms with van der Waals surface area (Å²) >= 11 is 0. The number of rotatable bonds is 7. The number of amides is 1. The molecule has 0 unspecified atom stereocenters. The highest BCUT2D eigenvalue weighted by Gasteiger charge is 2.25. The maximum Gasteiger partial charge on any atom is 0.246 e. The molecule has 2 aliphatic rings. The second-order valence-corrected chi connectivity index (χ2v) is 8.94. The summed E-state index contributed by atoms with van der Waals surface area (Å²) in [4.78, 5) is 16.4. The molecule has 1 aromatic heterocycles. The van der Waals surface area contributed by atoms with Gasteiger partial charge in [-0.05, 0) is 63.1 Å². The topological polar surface area (TPSA) is 70.8 Å². The number of halogens is 1. The number of aryl methyl sites for hydroxylation is 1. The van der Waals surface area contributed by atoms with Gasteiger partial charge in [0.05, 0.1) is 5.39 Å². The number of hydrogen-bond acceptors (Lipinski definition) is 6. The van der Waals surface area contributed by atoms with E-state index in [2.05, 4.69) is 20.3 Å². The van der Waals surface area contributed by atoms with E-state index in [1.165, 1.54) is 25.3 Å². The second-order valence-electron chi connectivity index (χ2n) is 8.94. The minimum Gasteiger partial charge on any atom is -0.375 e. The zero-order valence-electron chi connectivity index (χ0n) is 18.5. The van der Waals surface area contributed by atoms with E-state index in [0.717, 1.165) is 62.7 Å². The van der Waals surface area contributed by atoms with Gasteiger partial charge in [0, 0.05) is 45.4 Å². The molecule has 0 spiro atoms. The van der Waals surface area contributed by atoms with Crippen LogP contribution in [0.5, 0.6) is 0 Å². The summed E-state index contributed by atoms with van der Waals surface area (Å²) in [5, 5.41) is 8.17. The van der Waals surface area contributed by atoms with Crippen molar-refractivity contribution in [2.24, 2.45) is 5.92 Å². The number of carbonyl (C=O) groups excluding carboxylic acids is 1. The Morgan fingerprint density at radius 1 is 1.23 bits per heavy atom. The van der Waals surface area contributed by atoms with Crippen LogP contribution in [0.25, 0.3) is 11.0 Å². The molecule has 0 atom stereocenters. The zero-order valence-corrected chi connectivity index (χ0v) is 18.5. The summed E-state index contributed by atoms with van der Waals surface area (Å²) in [5.74, 6) is 1.30. The first-order valence-corrected chi connectivity index (χ1v) is 11.3. The number of methoxy groups -OCH3 is 1. The number of nitrogens with zero attached hydrogens (tertiary/aromatic N) is 3. The molecule has 1 amide bonds. The first-order valence-electron chi connectivity index (χ1n) is 11.3. The van der Waals surface area contributed by atoms with Gasteiger partial charge in [-0.2, -0.15) is 0 Å². The van der Waals surface area contributed by atoms with E-state index in [1.807, 2.05) is 6.07 Å². The Kier molecular flexibility index (Phi) is 7.07. The molecule has 1 aromatic carbocycles. The van der Waals surface area contributed by atoms with Crippen molar-refractivity contribution in [3.05, 3.63) is 23.5 Å². The molecule has 1 saturated heterocycles. The third-order valence-corrected chi connectivity index (χ3v) is 6.74. The minimum atomic E-state index is -0.258. The van der Waals surface area contributed by atoms with Gasteiger partial charge in [-0.25, -0.2) is 4.39 Å². The predicted octanol–water partition coefficient (Wildman–Crippen LogP) is 3.11. The van der Waals surface area contributed by atoms with Crippen LogP contribution in [0.1, 0.15) is 37.7 Å². The van der Waals surface area contributed by atoms with Crippen LogP contribution >= 0.6 is 0 Å². The van der Waals surface area contributed by atoms with Crippen molar-refractivity contribution in [1.29, 1.82) is 0 Å². The second kappa shape index (κ2) is 9.96. The predicted molar refractivity (Wildman–Crippen MR) is 118 cm³/mol. The van der Waals surface area contributed by atoms with Crippen molar-refractivity contribution in [3.63, 3.8) is 0 Å². The van der Waals surface area contributed by atoms with Crippen LogP contribution in [0.15, 0.2) is 16.7 Å². The van der Waals surface area contributed by atoms with Crippen LogP contribution in [0.2, 0.25) is 0 Å². The number of carbonyl (C=O) groups is 1. The molecule has 4 rings (SSSR count). The van der Waals surface area contributed by atoms with Crippen molar-refractivity contribution in [1.82, 2.24) is 15.4 Å². The quantitative estimate of drug-likeness (QED) is 0.725. The maximum atomic E-state index is 13.8. The van der Waals surface area contributed by atoms with Gasteiger partial charge >= 0.3 is 0 Å². The molecule has 2 fully saturated rings. The first kappa shape index (κ1) is 22.0. The highest BCUT2D eigenvalue weighted by atomic mass is 19.1. The number of fused-ring (bicyclic) bond motifs is 1. The van der Waals surface area contributed by atoms with Gasteiger partial charge < -0.3 is 19.5 Å². The molecule has 170 valence electrons. The third kappa shape index (κ3) is 5.36. The van der Waals surface area contributed by atoms with Crippen LogP contribution in [0.4, 0.5) is 10.2 Å². The fraction of sp³-hybridized carbons (Fsp3) is 0.652. The van der Waals surface area contributed by atoms with Gasteiger partial charge in [0.25, 0.3) is 0 Å². The summed E-state index contributed by atoms with van der Waals surface area (Å²) in [6.07, 6.45) is 5.70. The van der Waals surface area contributed by atoms with Gasteiger partial charge in [0.15, 0.2) is 11.4 Å². The monoisotopic (exact) mass is 432 g/mol. The molecule has 1 aliphatic carbocycles. The van der Waals surface area contributed by atoms with Crippen molar-refractivity contribution in [3.8, 4) is 0 Å². The third-order valence-electron chi connectivity index (χ3n) is 6.74. The molecule has 7 nitrogen and oxygen atoms in total. The fourth-order valence-corrected chi connectivity index (χ4v) is 4.83. The van der Waals surface area contributed by atoms with Crippen LogP contribution in [-0.2, 0) is 9.53 Å². The average Bonchev–Trinajstić information content (AvgIpc) is 3.16. The number of benzene rings is 1. The molecular weight excluding hydrogens is 399 g/mol. The average molecular weight is 433 g/mol. The standard InChI is InChI=1S/C23H33FN4O3/c1-16-13-19-21(14-20(16)24)31-26-23(19)28-11-9-27(10-12-28)8-7-17-3-5-18(6-4-17)25-22(29)15-30-2/h13-14,17-18H,3-12,15H2,1-2H3,(H,25,29). The summed E-state index contributed by atoms with van der Waals surface area (Å²) in [5.41, 5.74) is 1.12. The molecule has 0 radical (unpaired) electrons. The van der Waals surface area contributed by atoms with Gasteiger partial charge in [0.2, 0.25) is 5.91 Å². The summed E-state index contributed by atoms with van der Waals surface area (Å²) in [6.45, 7) is 6.82. The summed E-state index contributed by atoms with van der Waals surface area (Å²) < 4.78 is 24.0. The zero-order chi connectivity index (χ0) is 21.8. The molecular formula is C23H33FN4O3. The molecule has 2 heterocycles. The summed E-state index contributed by atoms with van der Waals surface area (Å²) in [7, 11) is 1.55. The molecule has 0 bridgehead atoms. The van der Waals surface area contributed by atoms with Crippen LogP contribution < -0.4 is 10.2 Å². The van der Waals surface area contributed by atoms with E-state index in [0.29, 0.717) is 17.2 Å². The smallest absolute Gasteiger partial charge is 0.246 e. The Morgan fingerprint density at radius 3 is 2.68 bits per heavy atom. The van der Waals surface area contributed by atoms with Gasteiger partial charge in [0.1, 0.15) is 12.4 Å². The van der Waals surface area contributed by atoms with Crippen molar-refractivity contribution < 1.29 is 18.4 Å². The number of aromatic nitrogens is 1. The highest BCUT2D eigenvalue weighted by Crippen LogP contribution is 2.30. The van der Waals surface area contributed by atoms with Gasteiger partial charge in [-0.1, -0.05) is 5.16 Å². The van der Waals surface area contributed by atoms with E-state index in [9.17, 15) is 9.18 Å². The number of nitrogens with one attached hydrogen (secondary N) is 1. The van der Waals surface area contributed by atoms with Crippen LogP contribution in [0, 0.1) is 18.7 Å². The normalized spacial score (nSPS) is 22.7. The summed E-state index contributed by atoms with van der Waals surface area (Å²) in [6, 6.07) is 3.56. The molecule has 1 aliphatic heterocycles. The van der Waals surface area contributed by atoms with Gasteiger partial charge in [-0.15, -0.1) is 0 Å². The van der Waals surface area contributed by atoms with E-state index < -0.39 is 0 Å². The maximum absolute atomic E-state index is 13.8.